The highest BCUT2D eigenvalue weighted by atomic mass is 16.7. The van der Waals surface area contributed by atoms with E-state index in [9.17, 15) is 0 Å². The van der Waals surface area contributed by atoms with E-state index in [1.807, 2.05) is 18.2 Å². The first-order chi connectivity index (χ1) is 10.3. The number of ether oxygens (including phenoxy) is 4. The minimum Gasteiger partial charge on any atom is -0.374 e. The summed E-state index contributed by atoms with van der Waals surface area (Å²) in [6.45, 7) is 4.46. The van der Waals surface area contributed by atoms with E-state index in [2.05, 4.69) is 19.1 Å². The first-order valence-electron chi connectivity index (χ1n) is 7.81. The van der Waals surface area contributed by atoms with Crippen LogP contribution in [0.2, 0.25) is 0 Å². The zero-order valence-electron chi connectivity index (χ0n) is 12.8. The SMILES string of the molecule is C[C@@H](CCOCOC1CCCCO1)OCc1ccccc1. The van der Waals surface area contributed by atoms with Crippen LogP contribution in [0.25, 0.3) is 0 Å². The van der Waals surface area contributed by atoms with Crippen LogP contribution >= 0.6 is 0 Å². The van der Waals surface area contributed by atoms with E-state index in [-0.39, 0.29) is 12.4 Å². The molecule has 1 fully saturated rings. The maximum Gasteiger partial charge on any atom is 0.160 e. The van der Waals surface area contributed by atoms with Crippen LogP contribution in [0.15, 0.2) is 30.3 Å². The molecular formula is C17H26O4. The zero-order chi connectivity index (χ0) is 14.8. The van der Waals surface area contributed by atoms with E-state index in [0.717, 1.165) is 25.9 Å². The molecule has 0 bridgehead atoms. The quantitative estimate of drug-likeness (QED) is 0.516. The van der Waals surface area contributed by atoms with Gasteiger partial charge in [0.2, 0.25) is 0 Å². The highest BCUT2D eigenvalue weighted by Crippen LogP contribution is 2.13. The molecule has 4 heteroatoms. The fourth-order valence-electron chi connectivity index (χ4n) is 2.17. The summed E-state index contributed by atoms with van der Waals surface area (Å²) in [6.07, 6.45) is 4.25. The summed E-state index contributed by atoms with van der Waals surface area (Å²) in [4.78, 5) is 0. The maximum atomic E-state index is 5.78. The van der Waals surface area contributed by atoms with Crippen molar-refractivity contribution in [3.8, 4) is 0 Å². The Morgan fingerprint density at radius 2 is 2.10 bits per heavy atom. The second kappa shape index (κ2) is 9.90. The van der Waals surface area contributed by atoms with Gasteiger partial charge in [0.05, 0.1) is 19.3 Å². The van der Waals surface area contributed by atoms with Crippen molar-refractivity contribution in [3.05, 3.63) is 35.9 Å². The van der Waals surface area contributed by atoms with Crippen molar-refractivity contribution in [2.45, 2.75) is 51.6 Å². The van der Waals surface area contributed by atoms with Gasteiger partial charge in [-0.1, -0.05) is 30.3 Å². The van der Waals surface area contributed by atoms with Crippen LogP contribution in [0.3, 0.4) is 0 Å². The highest BCUT2D eigenvalue weighted by Gasteiger charge is 2.13. The molecule has 2 rings (SSSR count). The van der Waals surface area contributed by atoms with Crippen molar-refractivity contribution in [3.63, 3.8) is 0 Å². The van der Waals surface area contributed by atoms with Gasteiger partial charge in [-0.2, -0.15) is 0 Å². The molecule has 0 aliphatic carbocycles. The van der Waals surface area contributed by atoms with E-state index in [0.29, 0.717) is 20.0 Å². The Balaban J connectivity index is 1.46. The molecule has 2 atom stereocenters. The Labute approximate surface area is 127 Å². The summed E-state index contributed by atoms with van der Waals surface area (Å²) >= 11 is 0. The summed E-state index contributed by atoms with van der Waals surface area (Å²) in [7, 11) is 0. The van der Waals surface area contributed by atoms with Gasteiger partial charge in [0.1, 0.15) is 6.79 Å². The molecule has 1 aliphatic rings. The fraction of sp³-hybridized carbons (Fsp3) is 0.647. The molecule has 0 N–H and O–H groups in total. The Morgan fingerprint density at radius 1 is 1.24 bits per heavy atom. The van der Waals surface area contributed by atoms with Gasteiger partial charge < -0.3 is 18.9 Å². The molecule has 1 aromatic rings. The predicted octanol–water partition coefficient (Wildman–Crippen LogP) is 3.50. The van der Waals surface area contributed by atoms with Crippen LogP contribution in [0.4, 0.5) is 0 Å². The van der Waals surface area contributed by atoms with Crippen molar-refractivity contribution in [1.29, 1.82) is 0 Å². The number of rotatable bonds is 9. The van der Waals surface area contributed by atoms with Crippen LogP contribution in [0.1, 0.15) is 38.2 Å². The van der Waals surface area contributed by atoms with Crippen LogP contribution in [-0.4, -0.2) is 32.4 Å². The summed E-state index contributed by atoms with van der Waals surface area (Å²) in [6, 6.07) is 10.2. The standard InChI is InChI=1S/C17H26O4/c1-15(20-13-16-7-3-2-4-8-16)10-12-18-14-21-17-9-5-6-11-19-17/h2-4,7-8,15,17H,5-6,9-14H2,1H3/t15-,17?/m0/s1. The lowest BCUT2D eigenvalue weighted by atomic mass is 10.2. The molecular weight excluding hydrogens is 268 g/mol. The van der Waals surface area contributed by atoms with E-state index in [1.54, 1.807) is 0 Å². The largest absolute Gasteiger partial charge is 0.374 e. The fourth-order valence-corrected chi connectivity index (χ4v) is 2.17. The van der Waals surface area contributed by atoms with Crippen molar-refractivity contribution in [1.82, 2.24) is 0 Å². The summed E-state index contributed by atoms with van der Waals surface area (Å²) < 4.78 is 22.2. The monoisotopic (exact) mass is 294 g/mol. The molecule has 0 saturated carbocycles. The molecule has 0 amide bonds. The molecule has 1 aromatic carbocycles. The maximum absolute atomic E-state index is 5.78. The minimum atomic E-state index is -0.0782. The van der Waals surface area contributed by atoms with Crippen LogP contribution in [-0.2, 0) is 25.6 Å². The van der Waals surface area contributed by atoms with E-state index < -0.39 is 0 Å². The van der Waals surface area contributed by atoms with Crippen LogP contribution in [0, 0.1) is 0 Å². The Hall–Kier alpha value is -0.940. The van der Waals surface area contributed by atoms with Crippen LogP contribution < -0.4 is 0 Å². The van der Waals surface area contributed by atoms with Gasteiger partial charge in [-0.05, 0) is 38.2 Å². The van der Waals surface area contributed by atoms with Gasteiger partial charge in [0.15, 0.2) is 6.29 Å². The summed E-state index contributed by atoms with van der Waals surface area (Å²) in [5, 5.41) is 0. The molecule has 1 unspecified atom stereocenters. The third-order valence-corrected chi connectivity index (χ3v) is 3.52. The average molecular weight is 294 g/mol. The van der Waals surface area contributed by atoms with Crippen molar-refractivity contribution < 1.29 is 18.9 Å². The Kier molecular flexibility index (Phi) is 7.75. The number of benzene rings is 1. The molecule has 118 valence electrons. The van der Waals surface area contributed by atoms with Gasteiger partial charge in [-0.15, -0.1) is 0 Å². The first-order valence-corrected chi connectivity index (χ1v) is 7.81. The second-order valence-electron chi connectivity index (χ2n) is 5.38. The third kappa shape index (κ3) is 7.05. The van der Waals surface area contributed by atoms with Crippen molar-refractivity contribution in [2.75, 3.05) is 20.0 Å². The van der Waals surface area contributed by atoms with Gasteiger partial charge in [-0.25, -0.2) is 0 Å². The third-order valence-electron chi connectivity index (χ3n) is 3.52. The normalized spacial score (nSPS) is 20.3. The first kappa shape index (κ1) is 16.4. The highest BCUT2D eigenvalue weighted by molar-refractivity contribution is 5.13. The lowest BCUT2D eigenvalue weighted by Crippen LogP contribution is -2.23. The number of hydrogen-bond acceptors (Lipinski definition) is 4. The Morgan fingerprint density at radius 3 is 2.86 bits per heavy atom. The molecule has 1 aliphatic heterocycles. The van der Waals surface area contributed by atoms with Gasteiger partial charge in [0.25, 0.3) is 0 Å². The predicted molar refractivity (Wildman–Crippen MR) is 80.8 cm³/mol. The van der Waals surface area contributed by atoms with Gasteiger partial charge >= 0.3 is 0 Å². The van der Waals surface area contributed by atoms with Crippen molar-refractivity contribution in [2.24, 2.45) is 0 Å². The van der Waals surface area contributed by atoms with E-state index >= 15 is 0 Å². The van der Waals surface area contributed by atoms with E-state index in [1.165, 1.54) is 12.0 Å². The minimum absolute atomic E-state index is 0.0782. The summed E-state index contributed by atoms with van der Waals surface area (Å²) in [5.74, 6) is 0. The average Bonchev–Trinajstić information content (AvgIpc) is 2.54. The van der Waals surface area contributed by atoms with E-state index in [4.69, 9.17) is 18.9 Å². The smallest absolute Gasteiger partial charge is 0.160 e. The summed E-state index contributed by atoms with van der Waals surface area (Å²) in [5.41, 5.74) is 1.20. The van der Waals surface area contributed by atoms with Crippen LogP contribution in [0.5, 0.6) is 0 Å². The molecule has 0 radical (unpaired) electrons. The zero-order valence-corrected chi connectivity index (χ0v) is 12.8. The molecule has 0 aromatic heterocycles. The molecule has 21 heavy (non-hydrogen) atoms. The molecule has 1 heterocycles. The Bertz CT molecular complexity index is 362. The molecule has 0 spiro atoms. The second-order valence-corrected chi connectivity index (χ2v) is 5.38. The van der Waals surface area contributed by atoms with Gasteiger partial charge in [-0.3, -0.25) is 0 Å². The van der Waals surface area contributed by atoms with Crippen molar-refractivity contribution >= 4 is 0 Å². The number of hydrogen-bond donors (Lipinski definition) is 0. The molecule has 4 nitrogen and oxygen atoms in total. The topological polar surface area (TPSA) is 36.9 Å². The lowest BCUT2D eigenvalue weighted by molar-refractivity contribution is -0.209. The molecule has 1 saturated heterocycles. The van der Waals surface area contributed by atoms with Gasteiger partial charge in [0, 0.05) is 6.61 Å². The lowest BCUT2D eigenvalue weighted by Gasteiger charge is -2.22.